The van der Waals surface area contributed by atoms with Crippen LogP contribution in [0.2, 0.25) is 0 Å². The molecule has 4 nitrogen and oxygen atoms in total. The molecular weight excluding hydrogens is 302 g/mol. The van der Waals surface area contributed by atoms with E-state index in [2.05, 4.69) is 19.2 Å². The molecule has 0 atom stereocenters. The molecule has 1 N–H and O–H groups in total. The van der Waals surface area contributed by atoms with Crippen molar-refractivity contribution in [3.63, 3.8) is 0 Å². The SMILES string of the molecule is CC(C)COc1ccc(C=O)cc1NC(=O)CCc1ccccc1. The number of aryl methyl sites for hydroxylation is 1. The van der Waals surface area contributed by atoms with Gasteiger partial charge >= 0.3 is 0 Å². The number of rotatable bonds is 8. The third-order valence-electron chi connectivity index (χ3n) is 3.47. The van der Waals surface area contributed by atoms with Crippen molar-refractivity contribution in [1.29, 1.82) is 0 Å². The first-order valence-corrected chi connectivity index (χ1v) is 8.14. The quantitative estimate of drug-likeness (QED) is 0.743. The molecule has 0 fully saturated rings. The molecule has 0 bridgehead atoms. The Morgan fingerprint density at radius 3 is 2.58 bits per heavy atom. The van der Waals surface area contributed by atoms with Gasteiger partial charge in [-0.05, 0) is 36.1 Å². The lowest BCUT2D eigenvalue weighted by Gasteiger charge is -2.14. The van der Waals surface area contributed by atoms with E-state index in [0.29, 0.717) is 42.4 Å². The Balaban J connectivity index is 2.02. The molecule has 0 aliphatic heterocycles. The van der Waals surface area contributed by atoms with E-state index in [0.717, 1.165) is 11.8 Å². The average molecular weight is 325 g/mol. The minimum atomic E-state index is -0.101. The molecule has 0 radical (unpaired) electrons. The van der Waals surface area contributed by atoms with Crippen molar-refractivity contribution in [3.05, 3.63) is 59.7 Å². The lowest BCUT2D eigenvalue weighted by molar-refractivity contribution is -0.116. The largest absolute Gasteiger partial charge is 0.491 e. The number of carbonyl (C=O) groups excluding carboxylic acids is 2. The van der Waals surface area contributed by atoms with E-state index in [-0.39, 0.29) is 5.91 Å². The van der Waals surface area contributed by atoms with Crippen LogP contribution in [0.15, 0.2) is 48.5 Å². The molecule has 0 aromatic heterocycles. The summed E-state index contributed by atoms with van der Waals surface area (Å²) < 4.78 is 5.73. The van der Waals surface area contributed by atoms with Gasteiger partial charge in [0.2, 0.25) is 5.91 Å². The van der Waals surface area contributed by atoms with Crippen LogP contribution in [-0.2, 0) is 11.2 Å². The minimum Gasteiger partial charge on any atom is -0.491 e. The highest BCUT2D eigenvalue weighted by Gasteiger charge is 2.10. The summed E-state index contributed by atoms with van der Waals surface area (Å²) in [6.07, 6.45) is 1.80. The molecule has 2 rings (SSSR count). The second-order valence-electron chi connectivity index (χ2n) is 6.11. The van der Waals surface area contributed by atoms with Gasteiger partial charge in [0, 0.05) is 12.0 Å². The molecule has 0 spiro atoms. The smallest absolute Gasteiger partial charge is 0.224 e. The van der Waals surface area contributed by atoms with Gasteiger partial charge in [0.25, 0.3) is 0 Å². The highest BCUT2D eigenvalue weighted by molar-refractivity contribution is 5.93. The second kappa shape index (κ2) is 8.87. The normalized spacial score (nSPS) is 10.5. The first-order chi connectivity index (χ1) is 11.6. The Labute approximate surface area is 142 Å². The monoisotopic (exact) mass is 325 g/mol. The predicted octanol–water partition coefficient (Wildman–Crippen LogP) is 4.11. The summed E-state index contributed by atoms with van der Waals surface area (Å²) in [4.78, 5) is 23.2. The Hall–Kier alpha value is -2.62. The number of carbonyl (C=O) groups is 2. The number of hydrogen-bond acceptors (Lipinski definition) is 3. The van der Waals surface area contributed by atoms with Gasteiger partial charge in [-0.1, -0.05) is 44.2 Å². The van der Waals surface area contributed by atoms with E-state index in [1.54, 1.807) is 18.2 Å². The number of amides is 1. The van der Waals surface area contributed by atoms with E-state index in [1.165, 1.54) is 0 Å². The van der Waals surface area contributed by atoms with Crippen LogP contribution in [-0.4, -0.2) is 18.8 Å². The van der Waals surface area contributed by atoms with Gasteiger partial charge in [-0.15, -0.1) is 0 Å². The lowest BCUT2D eigenvalue weighted by Crippen LogP contribution is -2.14. The van der Waals surface area contributed by atoms with E-state index in [9.17, 15) is 9.59 Å². The Morgan fingerprint density at radius 1 is 1.17 bits per heavy atom. The summed E-state index contributed by atoms with van der Waals surface area (Å²) in [7, 11) is 0. The van der Waals surface area contributed by atoms with Gasteiger partial charge < -0.3 is 10.1 Å². The maximum atomic E-state index is 12.2. The summed E-state index contributed by atoms with van der Waals surface area (Å²) in [6, 6.07) is 14.9. The van der Waals surface area contributed by atoms with Crippen LogP contribution in [0, 0.1) is 5.92 Å². The fraction of sp³-hybridized carbons (Fsp3) is 0.300. The Kier molecular flexibility index (Phi) is 6.55. The maximum Gasteiger partial charge on any atom is 0.224 e. The molecule has 2 aromatic carbocycles. The van der Waals surface area contributed by atoms with Crippen LogP contribution in [0.3, 0.4) is 0 Å². The van der Waals surface area contributed by atoms with Crippen molar-refractivity contribution >= 4 is 17.9 Å². The molecule has 0 saturated heterocycles. The minimum absolute atomic E-state index is 0.101. The maximum absolute atomic E-state index is 12.2. The molecule has 0 heterocycles. The van der Waals surface area contributed by atoms with Gasteiger partial charge in [0.05, 0.1) is 12.3 Å². The highest BCUT2D eigenvalue weighted by Crippen LogP contribution is 2.26. The molecule has 0 unspecified atom stereocenters. The van der Waals surface area contributed by atoms with Crippen molar-refractivity contribution in [1.82, 2.24) is 0 Å². The number of aldehydes is 1. The Bertz CT molecular complexity index is 681. The molecule has 0 aliphatic carbocycles. The zero-order chi connectivity index (χ0) is 17.4. The van der Waals surface area contributed by atoms with Crippen LogP contribution < -0.4 is 10.1 Å². The first kappa shape index (κ1) is 17.7. The predicted molar refractivity (Wildman–Crippen MR) is 95.6 cm³/mol. The number of nitrogens with one attached hydrogen (secondary N) is 1. The van der Waals surface area contributed by atoms with Gasteiger partial charge in [-0.25, -0.2) is 0 Å². The van der Waals surface area contributed by atoms with E-state index < -0.39 is 0 Å². The molecule has 1 amide bonds. The van der Waals surface area contributed by atoms with Crippen LogP contribution in [0.25, 0.3) is 0 Å². The van der Waals surface area contributed by atoms with E-state index >= 15 is 0 Å². The van der Waals surface area contributed by atoms with Crippen molar-refractivity contribution in [3.8, 4) is 5.75 Å². The molecular formula is C20H23NO3. The van der Waals surface area contributed by atoms with Crippen molar-refractivity contribution in [2.75, 3.05) is 11.9 Å². The number of hydrogen-bond donors (Lipinski definition) is 1. The Morgan fingerprint density at radius 2 is 1.92 bits per heavy atom. The van der Waals surface area contributed by atoms with Crippen LogP contribution >= 0.6 is 0 Å². The van der Waals surface area contributed by atoms with Crippen LogP contribution in [0.1, 0.15) is 36.2 Å². The lowest BCUT2D eigenvalue weighted by atomic mass is 10.1. The number of anilines is 1. The molecule has 0 aliphatic rings. The number of ether oxygens (including phenoxy) is 1. The summed E-state index contributed by atoms with van der Waals surface area (Å²) in [5.41, 5.74) is 2.16. The van der Waals surface area contributed by atoms with Gasteiger partial charge in [-0.2, -0.15) is 0 Å². The topological polar surface area (TPSA) is 55.4 Å². The summed E-state index contributed by atoms with van der Waals surface area (Å²) in [5, 5.41) is 2.86. The van der Waals surface area contributed by atoms with Crippen molar-refractivity contribution in [2.45, 2.75) is 26.7 Å². The molecule has 2 aromatic rings. The van der Waals surface area contributed by atoms with Gasteiger partial charge in [0.1, 0.15) is 12.0 Å². The van der Waals surface area contributed by atoms with Crippen LogP contribution in [0.5, 0.6) is 5.75 Å². The third-order valence-corrected chi connectivity index (χ3v) is 3.47. The summed E-state index contributed by atoms with van der Waals surface area (Å²) in [6.45, 7) is 4.66. The van der Waals surface area contributed by atoms with E-state index in [4.69, 9.17) is 4.74 Å². The van der Waals surface area contributed by atoms with Crippen molar-refractivity contribution in [2.24, 2.45) is 5.92 Å². The average Bonchev–Trinajstić information content (AvgIpc) is 2.59. The van der Waals surface area contributed by atoms with Crippen LogP contribution in [0.4, 0.5) is 5.69 Å². The third kappa shape index (κ3) is 5.54. The van der Waals surface area contributed by atoms with Crippen molar-refractivity contribution < 1.29 is 14.3 Å². The summed E-state index contributed by atoms with van der Waals surface area (Å²) in [5.74, 6) is 0.857. The van der Waals surface area contributed by atoms with Gasteiger partial charge in [-0.3, -0.25) is 9.59 Å². The standard InChI is InChI=1S/C20H23NO3/c1-15(2)14-24-19-10-8-17(13-22)12-18(19)21-20(23)11-9-16-6-4-3-5-7-16/h3-8,10,12-13,15H,9,11,14H2,1-2H3,(H,21,23). The second-order valence-corrected chi connectivity index (χ2v) is 6.11. The number of benzene rings is 2. The fourth-order valence-corrected chi connectivity index (χ4v) is 2.22. The molecule has 126 valence electrons. The first-order valence-electron chi connectivity index (χ1n) is 8.14. The molecule has 0 saturated carbocycles. The van der Waals surface area contributed by atoms with E-state index in [1.807, 2.05) is 30.3 Å². The highest BCUT2D eigenvalue weighted by atomic mass is 16.5. The zero-order valence-electron chi connectivity index (χ0n) is 14.1. The van der Waals surface area contributed by atoms with Gasteiger partial charge in [0.15, 0.2) is 0 Å². The zero-order valence-corrected chi connectivity index (χ0v) is 14.1. The molecule has 24 heavy (non-hydrogen) atoms. The summed E-state index contributed by atoms with van der Waals surface area (Å²) >= 11 is 0. The fourth-order valence-electron chi connectivity index (χ4n) is 2.22. The molecule has 4 heteroatoms.